The molecule has 0 radical (unpaired) electrons. The zero-order chi connectivity index (χ0) is 93.8. The van der Waals surface area contributed by atoms with Crippen LogP contribution in [0.3, 0.4) is 0 Å². The van der Waals surface area contributed by atoms with Gasteiger partial charge in [0.1, 0.15) is 90.3 Å². The summed E-state index contributed by atoms with van der Waals surface area (Å²) in [6, 6.07) is 7.26. The molecule has 1 fully saturated rings. The summed E-state index contributed by atoms with van der Waals surface area (Å²) in [6.45, 7) is 9.69. The number of fused-ring (bicyclic) bond motifs is 2. The number of carbonyl (C=O) groups excluding carboxylic acids is 14. The number of amides is 14. The van der Waals surface area contributed by atoms with Gasteiger partial charge in [0.25, 0.3) is 0 Å². The Morgan fingerprint density at radius 3 is 1.52 bits per heavy atom. The van der Waals surface area contributed by atoms with Gasteiger partial charge in [-0.25, -0.2) is 9.78 Å². The number of phenolic OH excluding ortho intramolecular Hbond substituents is 1. The lowest BCUT2D eigenvalue weighted by atomic mass is 10.00. The summed E-state index contributed by atoms with van der Waals surface area (Å²) in [6.07, 6.45) is 2.13. The largest absolute Gasteiger partial charge is 0.508 e. The fourth-order valence-electron chi connectivity index (χ4n) is 14.3. The van der Waals surface area contributed by atoms with Crippen molar-refractivity contribution < 1.29 is 97.5 Å². The van der Waals surface area contributed by atoms with Crippen LogP contribution in [0.15, 0.2) is 128 Å². The predicted molar refractivity (Wildman–Crippen MR) is 465 cm³/mol. The maximum atomic E-state index is 15.0. The van der Waals surface area contributed by atoms with E-state index < -0.39 is 216 Å². The Kier molecular flexibility index (Phi) is 36.9. The second-order valence-electron chi connectivity index (χ2n) is 32.3. The van der Waals surface area contributed by atoms with E-state index in [-0.39, 0.29) is 76.6 Å². The molecule has 0 spiro atoms. The molecule has 0 aliphatic carbocycles. The van der Waals surface area contributed by atoms with Crippen LogP contribution in [0.5, 0.6) is 5.75 Å². The molecule has 1 aliphatic heterocycles. The molecule has 0 unspecified atom stereocenters. The molecule has 16 atom stereocenters. The number of hydrogen-bond acceptors (Lipinski definition) is 22. The average Bonchev–Trinajstić information content (AvgIpc) is 1.62. The molecule has 0 bridgehead atoms. The van der Waals surface area contributed by atoms with Crippen LogP contribution < -0.4 is 85.9 Å². The summed E-state index contributed by atoms with van der Waals surface area (Å²) < 4.78 is 0. The zero-order valence-corrected chi connectivity index (χ0v) is 72.1. The van der Waals surface area contributed by atoms with Gasteiger partial charge in [0, 0.05) is 91.3 Å². The SMILES string of the molecule is CC(C)[C@H](NC(=O)[C@@H](N)[C@@H](C)O)C(=O)N[C@@H](CO)C(=O)N[C@@H](CCCNC(=N)N)C(=O)N[C@H](C(=O)N1CCC[C@H]1C(=O)N[C@@H](Cc1c[nH]c2ccccc12)C(=O)N[C@H](C(=O)N[C@@H](C)C(=O)N[C@@H](Cc1c[nH]c2ccccc12)C(=O)N[C@@H](C)C(=O)N[C@@H](Cc1ccccc1)C(=O)N[C@@H](Cc1cnc[nH]1)C(=O)NCC(=O)N[C@@H](Cc1ccc(O)cc1)C(=O)O)[C@@H](C)O)C(C)C. The number of guanidine groups is 1. The zero-order valence-electron chi connectivity index (χ0n) is 72.1. The number of H-pyrrole nitrogens is 3. The number of rotatable bonds is 47. The molecule has 8 rings (SSSR count). The van der Waals surface area contributed by atoms with E-state index in [2.05, 4.69) is 94.4 Å². The van der Waals surface area contributed by atoms with Gasteiger partial charge in [-0.3, -0.25) is 72.5 Å². The molecule has 4 heterocycles. The number of imidazole rings is 1. The number of aromatic hydroxyl groups is 1. The lowest BCUT2D eigenvalue weighted by Crippen LogP contribution is -2.62. The van der Waals surface area contributed by atoms with Gasteiger partial charge in [-0.2, -0.15) is 0 Å². The van der Waals surface area contributed by atoms with Crippen LogP contribution in [0.2, 0.25) is 0 Å². The number of aromatic nitrogens is 4. The molecule has 0 saturated carbocycles. The molecule has 1 saturated heterocycles. The third-order valence-corrected chi connectivity index (χ3v) is 21.6. The molecule has 27 N–H and O–H groups in total. The number of nitrogens with one attached hydrogen (secondary N) is 18. The standard InChI is InChI=1S/C86H116N22O20/c1-43(2)69(105-81(123)68(87)47(7)110)82(124)104-65(41-109)79(121)99-59(24-16-30-91-86(88)89)75(117)106-70(44(3)4)84(126)108-31-17-25-66(108)80(122)103-62(35-52-38-93-58-23-15-13-21-56(52)58)78(120)107-71(48(8)111)83(125)97-46(6)73(115)101-61(34-51-37-92-57-22-14-12-20-55(51)57)76(118)96-45(5)72(114)100-60(32-49-18-10-9-11-19-49)77(119)102-63(36-53-39-90-42-95-53)74(116)94-40-67(113)98-64(85(127)128)33-50-26-28-54(112)29-27-50/h9-15,18-23,26-29,37-39,42-48,59-66,68-71,92-93,109-112H,16-17,24-25,30-36,40-41,87H2,1-8H3,(H,90,95)(H,94,116)(H,96,118)(H,97,125)(H,98,113)(H,99,121)(H,100,114)(H,101,115)(H,102,119)(H,103,122)(H,104,124)(H,105,123)(H,106,117)(H,107,120)(H,127,128)(H4,88,89,91)/t45-,46-,47+,48+,59-,60-,61-,62-,63-,64-,65-,66-,68-,69-,70-,71-/m0/s1. The van der Waals surface area contributed by atoms with Gasteiger partial charge in [-0.15, -0.1) is 0 Å². The fourth-order valence-corrected chi connectivity index (χ4v) is 14.3. The smallest absolute Gasteiger partial charge is 0.326 e. The third kappa shape index (κ3) is 28.8. The Morgan fingerprint density at radius 2 is 0.969 bits per heavy atom. The maximum absolute atomic E-state index is 15.0. The highest BCUT2D eigenvalue weighted by atomic mass is 16.4. The molecule has 7 aromatic rings. The number of aliphatic hydroxyl groups excluding tert-OH is 3. The van der Waals surface area contributed by atoms with Gasteiger partial charge in [-0.05, 0) is 112 Å². The normalized spacial score (nSPS) is 16.0. The molecule has 128 heavy (non-hydrogen) atoms. The number of likely N-dealkylation sites (tertiary alicyclic amines) is 1. The summed E-state index contributed by atoms with van der Waals surface area (Å²) in [5.41, 5.74) is 15.0. The molecule has 3 aromatic heterocycles. The van der Waals surface area contributed by atoms with E-state index in [1.165, 1.54) is 69.4 Å². The van der Waals surface area contributed by atoms with Gasteiger partial charge in [0.05, 0.1) is 31.7 Å². The van der Waals surface area contributed by atoms with Crippen molar-refractivity contribution in [2.45, 2.75) is 210 Å². The monoisotopic (exact) mass is 1780 g/mol. The van der Waals surface area contributed by atoms with E-state index in [0.29, 0.717) is 49.8 Å². The number of nitrogens with two attached hydrogens (primary N) is 2. The molecular weight excluding hydrogens is 1660 g/mol. The molecule has 14 amide bonds. The Hall–Kier alpha value is -13.9. The first-order valence-corrected chi connectivity index (χ1v) is 41.9. The molecule has 42 heteroatoms. The number of carbonyl (C=O) groups is 15. The minimum absolute atomic E-state index is 0.0190. The summed E-state index contributed by atoms with van der Waals surface area (Å²) in [5, 5.41) is 96.0. The van der Waals surface area contributed by atoms with Crippen LogP contribution >= 0.6 is 0 Å². The van der Waals surface area contributed by atoms with Crippen molar-refractivity contribution in [1.82, 2.24) is 99.3 Å². The van der Waals surface area contributed by atoms with Gasteiger partial charge < -0.3 is 131 Å². The van der Waals surface area contributed by atoms with Crippen molar-refractivity contribution in [3.05, 3.63) is 156 Å². The highest BCUT2D eigenvalue weighted by Gasteiger charge is 2.43. The first-order chi connectivity index (χ1) is 60.8. The number of carboxylic acids is 1. The first-order valence-electron chi connectivity index (χ1n) is 41.9. The number of aliphatic carboxylic acids is 1. The van der Waals surface area contributed by atoms with Crippen LogP contribution in [-0.2, 0) is 104 Å². The van der Waals surface area contributed by atoms with E-state index in [1.54, 1.807) is 119 Å². The Labute approximate surface area is 736 Å². The van der Waals surface area contributed by atoms with Crippen molar-refractivity contribution in [2.75, 3.05) is 26.2 Å². The minimum Gasteiger partial charge on any atom is -0.508 e. The second-order valence-corrected chi connectivity index (χ2v) is 32.3. The van der Waals surface area contributed by atoms with E-state index in [4.69, 9.17) is 16.9 Å². The topological polar surface area (TPSA) is 665 Å². The lowest BCUT2D eigenvalue weighted by Gasteiger charge is -2.32. The predicted octanol–water partition coefficient (Wildman–Crippen LogP) is -3.70. The van der Waals surface area contributed by atoms with Crippen LogP contribution in [0.4, 0.5) is 0 Å². The van der Waals surface area contributed by atoms with Gasteiger partial charge in [0.2, 0.25) is 82.7 Å². The highest BCUT2D eigenvalue weighted by molar-refractivity contribution is 6.01. The third-order valence-electron chi connectivity index (χ3n) is 21.6. The summed E-state index contributed by atoms with van der Waals surface area (Å²) >= 11 is 0. The van der Waals surface area contributed by atoms with Crippen LogP contribution in [0.25, 0.3) is 21.8 Å². The number of benzene rings is 4. The minimum atomic E-state index is -1.86. The fraction of sp³-hybridized carbons (Fsp3) is 0.453. The van der Waals surface area contributed by atoms with Crippen LogP contribution in [0.1, 0.15) is 109 Å². The summed E-state index contributed by atoms with van der Waals surface area (Å²) in [4.78, 5) is 226. The molecule has 4 aromatic carbocycles. The number of carboxylic acid groups (broad SMARTS) is 1. The van der Waals surface area contributed by atoms with E-state index >= 15 is 0 Å². The molecule has 1 aliphatic rings. The van der Waals surface area contributed by atoms with E-state index in [1.807, 2.05) is 0 Å². The number of nitrogens with zero attached hydrogens (tertiary/aromatic N) is 2. The van der Waals surface area contributed by atoms with Gasteiger partial charge >= 0.3 is 5.97 Å². The number of phenols is 1. The molecule has 690 valence electrons. The molecule has 42 nitrogen and oxygen atoms in total. The van der Waals surface area contributed by atoms with Crippen LogP contribution in [0, 0.1) is 17.2 Å². The Morgan fingerprint density at radius 1 is 0.492 bits per heavy atom. The van der Waals surface area contributed by atoms with Crippen molar-refractivity contribution in [1.29, 1.82) is 5.41 Å². The molecular formula is C86H116N22O20. The average molecular weight is 1780 g/mol. The number of hydrogen-bond donors (Lipinski definition) is 25. The van der Waals surface area contributed by atoms with Crippen LogP contribution in [-0.4, -0.2) is 268 Å². The Balaban J connectivity index is 0.954. The van der Waals surface area contributed by atoms with Gasteiger partial charge in [0.15, 0.2) is 5.96 Å². The second kappa shape index (κ2) is 47.5. The number of aromatic amines is 3. The van der Waals surface area contributed by atoms with Gasteiger partial charge in [-0.1, -0.05) is 107 Å². The number of aliphatic hydroxyl groups is 3. The summed E-state index contributed by atoms with van der Waals surface area (Å²) in [7, 11) is 0. The quantitative estimate of drug-likeness (QED) is 0.00991. The summed E-state index contributed by atoms with van der Waals surface area (Å²) in [5.74, 6) is -16.1. The Bertz CT molecular complexity index is 5040. The first kappa shape index (κ1) is 99.6. The highest BCUT2D eigenvalue weighted by Crippen LogP contribution is 2.25. The van der Waals surface area contributed by atoms with Crippen molar-refractivity contribution >= 4 is 116 Å². The van der Waals surface area contributed by atoms with Crippen molar-refractivity contribution in [3.8, 4) is 5.75 Å². The number of para-hydroxylation sites is 2. The van der Waals surface area contributed by atoms with Crippen molar-refractivity contribution in [3.63, 3.8) is 0 Å². The van der Waals surface area contributed by atoms with E-state index in [0.717, 1.165) is 0 Å². The lowest BCUT2D eigenvalue weighted by molar-refractivity contribution is -0.143. The van der Waals surface area contributed by atoms with E-state index in [9.17, 15) is 97.5 Å². The van der Waals surface area contributed by atoms with Crippen molar-refractivity contribution in [2.24, 2.45) is 23.3 Å². The maximum Gasteiger partial charge on any atom is 0.326 e.